The van der Waals surface area contributed by atoms with Crippen LogP contribution in [0, 0.1) is 0 Å². The zero-order chi connectivity index (χ0) is 16.8. The van der Waals surface area contributed by atoms with E-state index in [2.05, 4.69) is 0 Å². The van der Waals surface area contributed by atoms with Gasteiger partial charge in [0.2, 0.25) is 0 Å². The van der Waals surface area contributed by atoms with Crippen LogP contribution in [-0.4, -0.2) is 14.2 Å². The second kappa shape index (κ2) is 7.44. The van der Waals surface area contributed by atoms with E-state index in [1.807, 2.05) is 0 Å². The van der Waals surface area contributed by atoms with E-state index in [4.69, 9.17) is 20.9 Å². The highest BCUT2D eigenvalue weighted by atomic mass is 19.4. The van der Waals surface area contributed by atoms with Gasteiger partial charge in [-0.1, -0.05) is 6.07 Å². The SMILES string of the molecule is COc1ccc(N)cc1OC.Nc1cccc(C(F)(F)F)c1. The first-order valence-corrected chi connectivity index (χ1v) is 6.18. The van der Waals surface area contributed by atoms with Gasteiger partial charge >= 0.3 is 6.18 Å². The van der Waals surface area contributed by atoms with E-state index < -0.39 is 11.7 Å². The van der Waals surface area contributed by atoms with E-state index >= 15 is 0 Å². The van der Waals surface area contributed by atoms with Gasteiger partial charge in [-0.05, 0) is 30.3 Å². The lowest BCUT2D eigenvalue weighted by molar-refractivity contribution is -0.137. The van der Waals surface area contributed by atoms with Gasteiger partial charge in [-0.2, -0.15) is 13.2 Å². The van der Waals surface area contributed by atoms with Gasteiger partial charge in [0.1, 0.15) is 0 Å². The molecule has 0 saturated heterocycles. The Morgan fingerprint density at radius 1 is 0.818 bits per heavy atom. The second-order valence-electron chi connectivity index (χ2n) is 4.24. The quantitative estimate of drug-likeness (QED) is 0.831. The third-order valence-electron chi connectivity index (χ3n) is 2.62. The van der Waals surface area contributed by atoms with Gasteiger partial charge in [0.25, 0.3) is 0 Å². The number of alkyl halides is 3. The van der Waals surface area contributed by atoms with Crippen molar-refractivity contribution in [3.05, 3.63) is 48.0 Å². The molecule has 0 atom stereocenters. The molecule has 120 valence electrons. The molecule has 0 aromatic heterocycles. The minimum Gasteiger partial charge on any atom is -0.493 e. The number of anilines is 2. The van der Waals surface area contributed by atoms with Crippen molar-refractivity contribution < 1.29 is 22.6 Å². The molecule has 0 aliphatic carbocycles. The van der Waals surface area contributed by atoms with Crippen molar-refractivity contribution in [2.75, 3.05) is 25.7 Å². The van der Waals surface area contributed by atoms with Crippen LogP contribution in [0.2, 0.25) is 0 Å². The van der Waals surface area contributed by atoms with Gasteiger partial charge in [0, 0.05) is 17.4 Å². The number of hydrogen-bond acceptors (Lipinski definition) is 4. The molecule has 2 aromatic carbocycles. The molecule has 0 fully saturated rings. The predicted octanol–water partition coefficient (Wildman–Crippen LogP) is 3.57. The predicted molar refractivity (Wildman–Crippen MR) is 79.8 cm³/mol. The Morgan fingerprint density at radius 2 is 1.41 bits per heavy atom. The fourth-order valence-electron chi connectivity index (χ4n) is 1.57. The maximum Gasteiger partial charge on any atom is 0.416 e. The fourth-order valence-corrected chi connectivity index (χ4v) is 1.57. The third kappa shape index (κ3) is 5.08. The number of benzene rings is 2. The van der Waals surface area contributed by atoms with Crippen LogP contribution in [0.3, 0.4) is 0 Å². The number of ether oxygens (including phenoxy) is 2. The Labute approximate surface area is 126 Å². The highest BCUT2D eigenvalue weighted by Gasteiger charge is 2.30. The molecule has 0 unspecified atom stereocenters. The largest absolute Gasteiger partial charge is 0.493 e. The summed E-state index contributed by atoms with van der Waals surface area (Å²) in [6.45, 7) is 0. The van der Waals surface area contributed by atoms with E-state index in [0.717, 1.165) is 12.1 Å². The van der Waals surface area contributed by atoms with Crippen LogP contribution in [0.1, 0.15) is 5.56 Å². The molecule has 4 nitrogen and oxygen atoms in total. The average molecular weight is 314 g/mol. The van der Waals surface area contributed by atoms with Crippen LogP contribution in [0.5, 0.6) is 11.5 Å². The first-order chi connectivity index (χ1) is 10.3. The summed E-state index contributed by atoms with van der Waals surface area (Å²) in [4.78, 5) is 0. The molecule has 0 aliphatic rings. The number of methoxy groups -OCH3 is 2. The Hall–Kier alpha value is -2.57. The van der Waals surface area contributed by atoms with Crippen LogP contribution < -0.4 is 20.9 Å². The van der Waals surface area contributed by atoms with E-state index in [1.54, 1.807) is 32.4 Å². The summed E-state index contributed by atoms with van der Waals surface area (Å²) in [6.07, 6.45) is -4.30. The summed E-state index contributed by atoms with van der Waals surface area (Å²) in [6, 6.07) is 9.83. The standard InChI is InChI=1S/C8H11NO2.C7H6F3N/c1-10-7-4-3-6(9)5-8(7)11-2;8-7(9,10)5-2-1-3-6(11)4-5/h3-5H,9H2,1-2H3;1-4H,11H2. The maximum atomic E-state index is 11.9. The molecule has 0 amide bonds. The monoisotopic (exact) mass is 314 g/mol. The van der Waals surface area contributed by atoms with Crippen molar-refractivity contribution in [3.63, 3.8) is 0 Å². The lowest BCUT2D eigenvalue weighted by Gasteiger charge is -2.06. The molecular formula is C15H17F3N2O2. The summed E-state index contributed by atoms with van der Waals surface area (Å²) >= 11 is 0. The lowest BCUT2D eigenvalue weighted by atomic mass is 10.2. The van der Waals surface area contributed by atoms with E-state index in [9.17, 15) is 13.2 Å². The summed E-state index contributed by atoms with van der Waals surface area (Å²) in [7, 11) is 3.17. The Morgan fingerprint density at radius 3 is 1.86 bits per heavy atom. The molecule has 0 radical (unpaired) electrons. The molecule has 0 aliphatic heterocycles. The van der Waals surface area contributed by atoms with Crippen molar-refractivity contribution >= 4 is 11.4 Å². The number of nitrogen functional groups attached to an aromatic ring is 2. The molecule has 2 aromatic rings. The third-order valence-corrected chi connectivity index (χ3v) is 2.62. The van der Waals surface area contributed by atoms with Gasteiger partial charge < -0.3 is 20.9 Å². The number of halogens is 3. The smallest absolute Gasteiger partial charge is 0.416 e. The van der Waals surface area contributed by atoms with Crippen molar-refractivity contribution in [3.8, 4) is 11.5 Å². The Balaban J connectivity index is 0.000000220. The maximum absolute atomic E-state index is 11.9. The number of rotatable bonds is 2. The van der Waals surface area contributed by atoms with Crippen molar-refractivity contribution in [2.24, 2.45) is 0 Å². The highest BCUT2D eigenvalue weighted by molar-refractivity contribution is 5.51. The first kappa shape index (κ1) is 17.5. The summed E-state index contributed by atoms with van der Waals surface area (Å²) in [5, 5.41) is 0. The highest BCUT2D eigenvalue weighted by Crippen LogP contribution is 2.30. The van der Waals surface area contributed by atoms with Gasteiger partial charge in [0.15, 0.2) is 11.5 Å². The first-order valence-electron chi connectivity index (χ1n) is 6.18. The molecule has 0 saturated carbocycles. The van der Waals surface area contributed by atoms with Crippen molar-refractivity contribution in [1.29, 1.82) is 0 Å². The van der Waals surface area contributed by atoms with E-state index in [1.165, 1.54) is 12.1 Å². The van der Waals surface area contributed by atoms with E-state index in [-0.39, 0.29) is 5.69 Å². The molecule has 22 heavy (non-hydrogen) atoms. The minimum absolute atomic E-state index is 0.125. The summed E-state index contributed by atoms with van der Waals surface area (Å²) < 4.78 is 45.8. The van der Waals surface area contributed by atoms with Gasteiger partial charge in [-0.25, -0.2) is 0 Å². The fraction of sp³-hybridized carbons (Fsp3) is 0.200. The normalized spacial score (nSPS) is 10.4. The number of nitrogens with two attached hydrogens (primary N) is 2. The molecular weight excluding hydrogens is 297 g/mol. The molecule has 0 bridgehead atoms. The molecule has 7 heteroatoms. The van der Waals surface area contributed by atoms with Gasteiger partial charge in [0.05, 0.1) is 19.8 Å². The Kier molecular flexibility index (Phi) is 5.91. The van der Waals surface area contributed by atoms with Gasteiger partial charge in [-0.3, -0.25) is 0 Å². The zero-order valence-electron chi connectivity index (χ0n) is 12.1. The summed E-state index contributed by atoms with van der Waals surface area (Å²) in [5.74, 6) is 1.36. The van der Waals surface area contributed by atoms with E-state index in [0.29, 0.717) is 17.2 Å². The molecule has 2 rings (SSSR count). The van der Waals surface area contributed by atoms with Crippen LogP contribution in [-0.2, 0) is 6.18 Å². The molecule has 4 N–H and O–H groups in total. The van der Waals surface area contributed by atoms with Crippen LogP contribution in [0.25, 0.3) is 0 Å². The average Bonchev–Trinajstić information content (AvgIpc) is 2.47. The molecule has 0 spiro atoms. The van der Waals surface area contributed by atoms with Crippen LogP contribution >= 0.6 is 0 Å². The summed E-state index contributed by atoms with van der Waals surface area (Å²) in [5.41, 5.74) is 10.8. The lowest BCUT2D eigenvalue weighted by Crippen LogP contribution is -2.04. The zero-order valence-corrected chi connectivity index (χ0v) is 12.1. The second-order valence-corrected chi connectivity index (χ2v) is 4.24. The topological polar surface area (TPSA) is 70.5 Å². The number of hydrogen-bond donors (Lipinski definition) is 2. The van der Waals surface area contributed by atoms with Gasteiger partial charge in [-0.15, -0.1) is 0 Å². The van der Waals surface area contributed by atoms with Crippen LogP contribution in [0.15, 0.2) is 42.5 Å². The Bertz CT molecular complexity index is 616. The van der Waals surface area contributed by atoms with Crippen molar-refractivity contribution in [1.82, 2.24) is 0 Å². The van der Waals surface area contributed by atoms with Crippen molar-refractivity contribution in [2.45, 2.75) is 6.18 Å². The minimum atomic E-state index is -4.30. The van der Waals surface area contributed by atoms with Crippen LogP contribution in [0.4, 0.5) is 24.5 Å². The molecule has 0 heterocycles.